The van der Waals surface area contributed by atoms with Crippen LogP contribution in [0.25, 0.3) is 0 Å². The van der Waals surface area contributed by atoms with Crippen molar-refractivity contribution in [3.8, 4) is 0 Å². The summed E-state index contributed by atoms with van der Waals surface area (Å²) < 4.78 is 0. The first kappa shape index (κ1) is 15.0. The predicted octanol–water partition coefficient (Wildman–Crippen LogP) is 0.137. The Hall–Kier alpha value is -2.41. The number of nitrogens with one attached hydrogen (secondary N) is 2. The zero-order valence-corrected chi connectivity index (χ0v) is 11.3. The van der Waals surface area contributed by atoms with Crippen LogP contribution in [0.5, 0.6) is 0 Å². The first-order valence-corrected chi connectivity index (χ1v) is 6.58. The first-order chi connectivity index (χ1) is 10.0. The van der Waals surface area contributed by atoms with E-state index in [1.807, 2.05) is 0 Å². The number of hydrogen-bond acceptors (Lipinski definition) is 4. The number of carbonyl (C=O) groups is 3. The zero-order chi connectivity index (χ0) is 15.4. The van der Waals surface area contributed by atoms with Gasteiger partial charge in [-0.3, -0.25) is 9.59 Å². The highest BCUT2D eigenvalue weighted by molar-refractivity contribution is 5.99. The smallest absolute Gasteiger partial charge is 0.326 e. The van der Waals surface area contributed by atoms with Gasteiger partial charge >= 0.3 is 5.97 Å². The average molecular weight is 292 g/mol. The first-order valence-electron chi connectivity index (χ1n) is 6.58. The van der Waals surface area contributed by atoms with E-state index in [0.717, 1.165) is 5.56 Å². The van der Waals surface area contributed by atoms with Gasteiger partial charge in [0.15, 0.2) is 0 Å². The van der Waals surface area contributed by atoms with Crippen LogP contribution in [-0.2, 0) is 16.0 Å². The number of amides is 2. The number of aryl methyl sites for hydroxylation is 1. The van der Waals surface area contributed by atoms with E-state index in [1.54, 1.807) is 12.1 Å². The molecule has 0 aromatic heterocycles. The maximum absolute atomic E-state index is 12.0. The summed E-state index contributed by atoms with van der Waals surface area (Å²) in [5.74, 6) is -1.77. The van der Waals surface area contributed by atoms with E-state index in [4.69, 9.17) is 10.2 Å². The van der Waals surface area contributed by atoms with Gasteiger partial charge in [0, 0.05) is 30.7 Å². The molecule has 0 bridgehead atoms. The summed E-state index contributed by atoms with van der Waals surface area (Å²) in [6.07, 6.45) is 0.851. The van der Waals surface area contributed by atoms with Crippen molar-refractivity contribution in [1.29, 1.82) is 0 Å². The van der Waals surface area contributed by atoms with Gasteiger partial charge in [0.05, 0.1) is 0 Å². The summed E-state index contributed by atoms with van der Waals surface area (Å²) in [6, 6.07) is 3.67. The molecule has 0 spiro atoms. The van der Waals surface area contributed by atoms with E-state index in [9.17, 15) is 14.4 Å². The van der Waals surface area contributed by atoms with E-state index < -0.39 is 17.9 Å². The fraction of sp³-hybridized carbons (Fsp3) is 0.357. The molecule has 1 aromatic rings. The van der Waals surface area contributed by atoms with Crippen molar-refractivity contribution in [3.63, 3.8) is 0 Å². The molecular weight excluding hydrogens is 276 g/mol. The molecule has 1 aliphatic rings. The monoisotopic (exact) mass is 292 g/mol. The molecule has 4 N–H and O–H groups in total. The minimum absolute atomic E-state index is 0.0535. The number of benzene rings is 1. The summed E-state index contributed by atoms with van der Waals surface area (Å²) >= 11 is 0. The molecule has 0 fully saturated rings. The molecule has 2 rings (SSSR count). The van der Waals surface area contributed by atoms with Gasteiger partial charge in [0.1, 0.15) is 6.04 Å². The second-order valence-corrected chi connectivity index (χ2v) is 4.80. The molecule has 0 saturated carbocycles. The number of anilines is 1. The SMILES string of the molecule is O=C1CCc2cc(C(=O)NC(CCO)C(=O)O)ccc2N1. The average Bonchev–Trinajstić information content (AvgIpc) is 2.45. The maximum Gasteiger partial charge on any atom is 0.326 e. The van der Waals surface area contributed by atoms with E-state index in [0.29, 0.717) is 24.1 Å². The number of rotatable bonds is 5. The summed E-state index contributed by atoms with van der Waals surface area (Å²) in [6.45, 7) is -0.326. The van der Waals surface area contributed by atoms with Crippen molar-refractivity contribution < 1.29 is 24.6 Å². The van der Waals surface area contributed by atoms with E-state index in [-0.39, 0.29) is 18.9 Å². The summed E-state index contributed by atoms with van der Waals surface area (Å²) in [4.78, 5) is 34.3. The predicted molar refractivity (Wildman–Crippen MR) is 74.0 cm³/mol. The second-order valence-electron chi connectivity index (χ2n) is 4.80. The molecule has 1 atom stereocenters. The van der Waals surface area contributed by atoms with Crippen LogP contribution in [0.2, 0.25) is 0 Å². The third-order valence-corrected chi connectivity index (χ3v) is 3.28. The van der Waals surface area contributed by atoms with Gasteiger partial charge < -0.3 is 20.8 Å². The molecule has 1 heterocycles. The van der Waals surface area contributed by atoms with E-state index >= 15 is 0 Å². The Kier molecular flexibility index (Phi) is 4.54. The van der Waals surface area contributed by atoms with Crippen molar-refractivity contribution in [1.82, 2.24) is 5.32 Å². The van der Waals surface area contributed by atoms with Gasteiger partial charge in [-0.15, -0.1) is 0 Å². The second kappa shape index (κ2) is 6.36. The maximum atomic E-state index is 12.0. The topological polar surface area (TPSA) is 116 Å². The normalized spacial score (nSPS) is 14.8. The van der Waals surface area contributed by atoms with Crippen molar-refractivity contribution >= 4 is 23.5 Å². The van der Waals surface area contributed by atoms with Gasteiger partial charge in [0.25, 0.3) is 5.91 Å². The van der Waals surface area contributed by atoms with Gasteiger partial charge in [0.2, 0.25) is 5.91 Å². The van der Waals surface area contributed by atoms with Crippen LogP contribution >= 0.6 is 0 Å². The number of aliphatic hydroxyl groups excluding tert-OH is 1. The molecule has 1 unspecified atom stereocenters. The number of fused-ring (bicyclic) bond motifs is 1. The van der Waals surface area contributed by atoms with E-state index in [1.165, 1.54) is 6.07 Å². The molecule has 0 aliphatic carbocycles. The molecule has 2 amide bonds. The Labute approximate surface area is 121 Å². The fourth-order valence-electron chi connectivity index (χ4n) is 2.15. The quantitative estimate of drug-likeness (QED) is 0.616. The number of aliphatic hydroxyl groups is 1. The van der Waals surface area contributed by atoms with Crippen LogP contribution < -0.4 is 10.6 Å². The lowest BCUT2D eigenvalue weighted by Gasteiger charge is -2.18. The highest BCUT2D eigenvalue weighted by Gasteiger charge is 2.21. The fourth-order valence-corrected chi connectivity index (χ4v) is 2.15. The number of hydrogen-bond donors (Lipinski definition) is 4. The number of carboxylic acid groups (broad SMARTS) is 1. The molecule has 112 valence electrons. The van der Waals surface area contributed by atoms with Crippen molar-refractivity contribution in [2.24, 2.45) is 0 Å². The van der Waals surface area contributed by atoms with Gasteiger partial charge in [-0.1, -0.05) is 0 Å². The molecule has 7 nitrogen and oxygen atoms in total. The Morgan fingerprint density at radius 3 is 2.76 bits per heavy atom. The Balaban J connectivity index is 2.13. The third kappa shape index (κ3) is 3.57. The molecule has 21 heavy (non-hydrogen) atoms. The van der Waals surface area contributed by atoms with Crippen LogP contribution in [-0.4, -0.2) is 40.6 Å². The van der Waals surface area contributed by atoms with Crippen molar-refractivity contribution in [2.75, 3.05) is 11.9 Å². The standard InChI is InChI=1S/C14H16N2O5/c17-6-5-11(14(20)21)16-13(19)9-1-3-10-8(7-9)2-4-12(18)15-10/h1,3,7,11,17H,2,4-6H2,(H,15,18)(H,16,19)(H,20,21). The Bertz CT molecular complexity index is 585. The third-order valence-electron chi connectivity index (χ3n) is 3.28. The highest BCUT2D eigenvalue weighted by atomic mass is 16.4. The minimum Gasteiger partial charge on any atom is -0.480 e. The largest absolute Gasteiger partial charge is 0.480 e. The zero-order valence-electron chi connectivity index (χ0n) is 11.3. The van der Waals surface area contributed by atoms with Crippen LogP contribution in [0.4, 0.5) is 5.69 Å². The van der Waals surface area contributed by atoms with Gasteiger partial charge in [-0.25, -0.2) is 4.79 Å². The highest BCUT2D eigenvalue weighted by Crippen LogP contribution is 2.23. The van der Waals surface area contributed by atoms with Gasteiger partial charge in [-0.05, 0) is 30.2 Å². The van der Waals surface area contributed by atoms with Crippen LogP contribution in [0.15, 0.2) is 18.2 Å². The molecule has 0 radical (unpaired) electrons. The molecule has 1 aromatic carbocycles. The van der Waals surface area contributed by atoms with Crippen LogP contribution in [0.3, 0.4) is 0 Å². The molecule has 1 aliphatic heterocycles. The van der Waals surface area contributed by atoms with Crippen molar-refractivity contribution in [2.45, 2.75) is 25.3 Å². The van der Waals surface area contributed by atoms with Crippen LogP contribution in [0, 0.1) is 0 Å². The van der Waals surface area contributed by atoms with Crippen LogP contribution in [0.1, 0.15) is 28.8 Å². The Morgan fingerprint density at radius 2 is 2.10 bits per heavy atom. The molecular formula is C14H16N2O5. The summed E-state index contributed by atoms with van der Waals surface area (Å²) in [7, 11) is 0. The lowest BCUT2D eigenvalue weighted by Crippen LogP contribution is -2.41. The Morgan fingerprint density at radius 1 is 1.33 bits per heavy atom. The van der Waals surface area contributed by atoms with Gasteiger partial charge in [-0.2, -0.15) is 0 Å². The number of carboxylic acids is 1. The molecule has 7 heteroatoms. The lowest BCUT2D eigenvalue weighted by molar-refractivity contribution is -0.139. The number of aliphatic carboxylic acids is 1. The minimum atomic E-state index is -1.19. The number of carbonyl (C=O) groups excluding carboxylic acids is 2. The van der Waals surface area contributed by atoms with E-state index in [2.05, 4.69) is 10.6 Å². The lowest BCUT2D eigenvalue weighted by atomic mass is 10.00. The molecule has 0 saturated heterocycles. The summed E-state index contributed by atoms with van der Waals surface area (Å²) in [5, 5.41) is 22.8. The summed E-state index contributed by atoms with van der Waals surface area (Å²) in [5.41, 5.74) is 1.85. The van der Waals surface area contributed by atoms with Crippen molar-refractivity contribution in [3.05, 3.63) is 29.3 Å².